The van der Waals surface area contributed by atoms with Crippen molar-refractivity contribution in [1.82, 2.24) is 19.4 Å². The van der Waals surface area contributed by atoms with Crippen LogP contribution in [-0.2, 0) is 10.0 Å². The van der Waals surface area contributed by atoms with Gasteiger partial charge in [0.05, 0.1) is 4.90 Å². The number of hydrogen-bond donors (Lipinski definition) is 0. The van der Waals surface area contributed by atoms with Crippen molar-refractivity contribution in [3.05, 3.63) is 40.0 Å². The van der Waals surface area contributed by atoms with Crippen molar-refractivity contribution >= 4 is 44.2 Å². The zero-order valence-corrected chi connectivity index (χ0v) is 20.1. The lowest BCUT2D eigenvalue weighted by atomic mass is 10.3. The Morgan fingerprint density at radius 2 is 1.30 bits per heavy atom. The average molecular weight is 542 g/mol. The molecule has 0 N–H and O–H groups in total. The van der Waals surface area contributed by atoms with Gasteiger partial charge in [-0.3, -0.25) is 0 Å². The molecule has 2 aliphatic heterocycles. The number of hydrogen-bond acceptors (Lipinski definition) is 7. The number of rotatable bonds is 5. The molecule has 0 unspecified atom stereocenters. The number of nitrogens with zero attached hydrogens (tertiary/aromatic N) is 6. The van der Waals surface area contributed by atoms with Crippen LogP contribution in [0.15, 0.2) is 41.3 Å². The van der Waals surface area contributed by atoms with Gasteiger partial charge in [-0.2, -0.15) is 4.31 Å². The molecule has 0 spiro atoms. The molecular formula is C20H27IN6O2S. The maximum atomic E-state index is 12.9. The minimum Gasteiger partial charge on any atom is -0.353 e. The van der Waals surface area contributed by atoms with Crippen LogP contribution in [0.1, 0.15) is 6.92 Å². The van der Waals surface area contributed by atoms with E-state index in [-0.39, 0.29) is 0 Å². The number of benzene rings is 1. The molecule has 8 nitrogen and oxygen atoms in total. The zero-order chi connectivity index (χ0) is 21.1. The summed E-state index contributed by atoms with van der Waals surface area (Å²) in [6.07, 6.45) is 0. The largest absolute Gasteiger partial charge is 0.353 e. The first-order valence-electron chi connectivity index (χ1n) is 10.3. The van der Waals surface area contributed by atoms with Crippen LogP contribution in [0.4, 0.5) is 11.6 Å². The fraction of sp³-hybridized carbons (Fsp3) is 0.500. The Bertz CT molecular complexity index is 938. The highest BCUT2D eigenvalue weighted by molar-refractivity contribution is 14.1. The van der Waals surface area contributed by atoms with E-state index in [2.05, 4.69) is 54.4 Å². The third-order valence-electron chi connectivity index (χ3n) is 5.79. The van der Waals surface area contributed by atoms with Crippen LogP contribution < -0.4 is 9.80 Å². The average Bonchev–Trinajstić information content (AvgIpc) is 2.80. The standard InChI is InChI=1S/C20H27IN6O2S/c1-2-24-9-11-25(12-10-24)19-7-8-20(23-22-19)26-13-15-27(16-14-26)30(28,29)18-5-3-17(21)4-6-18/h3-8H,2,9-16H2,1H3. The lowest BCUT2D eigenvalue weighted by Crippen LogP contribution is -2.49. The van der Waals surface area contributed by atoms with Gasteiger partial charge in [-0.15, -0.1) is 10.2 Å². The van der Waals surface area contributed by atoms with E-state index < -0.39 is 10.0 Å². The molecular weight excluding hydrogens is 515 g/mol. The van der Waals surface area contributed by atoms with Gasteiger partial charge in [0.25, 0.3) is 0 Å². The van der Waals surface area contributed by atoms with E-state index in [0.29, 0.717) is 31.1 Å². The van der Waals surface area contributed by atoms with Crippen molar-refractivity contribution in [3.8, 4) is 0 Å². The Morgan fingerprint density at radius 3 is 1.77 bits per heavy atom. The van der Waals surface area contributed by atoms with Gasteiger partial charge in [-0.25, -0.2) is 8.42 Å². The molecule has 4 rings (SSSR count). The molecule has 0 aliphatic carbocycles. The summed E-state index contributed by atoms with van der Waals surface area (Å²) in [4.78, 5) is 7.16. The van der Waals surface area contributed by atoms with Gasteiger partial charge >= 0.3 is 0 Å². The van der Waals surface area contributed by atoms with E-state index in [9.17, 15) is 8.42 Å². The topological polar surface area (TPSA) is 72.9 Å². The molecule has 3 heterocycles. The summed E-state index contributed by atoms with van der Waals surface area (Å²) < 4.78 is 28.3. The van der Waals surface area contributed by atoms with Crippen LogP contribution in [0.25, 0.3) is 0 Å². The Hall–Kier alpha value is -1.50. The van der Waals surface area contributed by atoms with Gasteiger partial charge in [0.2, 0.25) is 10.0 Å². The fourth-order valence-corrected chi connectivity index (χ4v) is 5.64. The van der Waals surface area contributed by atoms with Crippen LogP contribution >= 0.6 is 22.6 Å². The number of halogens is 1. The van der Waals surface area contributed by atoms with Gasteiger partial charge in [-0.05, 0) is 65.5 Å². The minimum absolute atomic E-state index is 0.351. The Labute approximate surface area is 192 Å². The summed E-state index contributed by atoms with van der Waals surface area (Å²) in [5.41, 5.74) is 0. The fourth-order valence-electron chi connectivity index (χ4n) is 3.86. The quantitative estimate of drug-likeness (QED) is 0.534. The zero-order valence-electron chi connectivity index (χ0n) is 17.1. The molecule has 2 fully saturated rings. The number of piperazine rings is 2. The van der Waals surface area contributed by atoms with Crippen LogP contribution in [-0.4, -0.2) is 86.7 Å². The highest BCUT2D eigenvalue weighted by Crippen LogP contribution is 2.22. The van der Waals surface area contributed by atoms with Crippen LogP contribution in [0.2, 0.25) is 0 Å². The summed E-state index contributed by atoms with van der Waals surface area (Å²) in [6.45, 7) is 9.41. The second-order valence-electron chi connectivity index (χ2n) is 7.52. The summed E-state index contributed by atoms with van der Waals surface area (Å²) in [5, 5.41) is 8.86. The third kappa shape index (κ3) is 4.71. The molecule has 0 bridgehead atoms. The molecule has 0 saturated carbocycles. The van der Waals surface area contributed by atoms with E-state index in [4.69, 9.17) is 0 Å². The lowest BCUT2D eigenvalue weighted by molar-refractivity contribution is 0.270. The van der Waals surface area contributed by atoms with E-state index in [1.807, 2.05) is 24.3 Å². The first-order valence-corrected chi connectivity index (χ1v) is 12.8. The smallest absolute Gasteiger partial charge is 0.243 e. The molecule has 0 amide bonds. The molecule has 30 heavy (non-hydrogen) atoms. The summed E-state index contributed by atoms with van der Waals surface area (Å²) in [7, 11) is -3.46. The van der Waals surface area contributed by atoms with Crippen molar-refractivity contribution in [2.24, 2.45) is 0 Å². The molecule has 2 aliphatic rings. The number of likely N-dealkylation sites (N-methyl/N-ethyl adjacent to an activating group) is 1. The second-order valence-corrected chi connectivity index (χ2v) is 10.7. The summed E-state index contributed by atoms with van der Waals surface area (Å²) in [6, 6.07) is 11.0. The first kappa shape index (κ1) is 21.7. The number of sulfonamides is 1. The van der Waals surface area contributed by atoms with Crippen LogP contribution in [0.3, 0.4) is 0 Å². The first-order chi connectivity index (χ1) is 14.5. The number of anilines is 2. The molecule has 10 heteroatoms. The van der Waals surface area contributed by atoms with E-state index in [1.54, 1.807) is 16.4 Å². The SMILES string of the molecule is CCN1CCN(c2ccc(N3CCN(S(=O)(=O)c4ccc(I)cc4)CC3)nn2)CC1. The van der Waals surface area contributed by atoms with Crippen LogP contribution in [0, 0.1) is 3.57 Å². The van der Waals surface area contributed by atoms with Gasteiger partial charge in [-0.1, -0.05) is 6.92 Å². The molecule has 2 saturated heterocycles. The van der Waals surface area contributed by atoms with Crippen molar-refractivity contribution < 1.29 is 8.42 Å². The van der Waals surface area contributed by atoms with E-state index in [1.165, 1.54) is 0 Å². The third-order valence-corrected chi connectivity index (χ3v) is 8.43. The van der Waals surface area contributed by atoms with Gasteiger partial charge in [0, 0.05) is 55.9 Å². The molecule has 0 radical (unpaired) electrons. The molecule has 1 aromatic carbocycles. The normalized spacial score (nSPS) is 19.3. The van der Waals surface area contributed by atoms with E-state index >= 15 is 0 Å². The lowest BCUT2D eigenvalue weighted by Gasteiger charge is -2.35. The summed E-state index contributed by atoms with van der Waals surface area (Å²) in [5.74, 6) is 1.71. The predicted molar refractivity (Wildman–Crippen MR) is 126 cm³/mol. The van der Waals surface area contributed by atoms with Crippen LogP contribution in [0.5, 0.6) is 0 Å². The molecule has 0 atom stereocenters. The van der Waals surface area contributed by atoms with Gasteiger partial charge in [0.15, 0.2) is 11.6 Å². The van der Waals surface area contributed by atoms with Crippen molar-refractivity contribution in [1.29, 1.82) is 0 Å². The molecule has 162 valence electrons. The summed E-state index contributed by atoms with van der Waals surface area (Å²) >= 11 is 2.17. The Balaban J connectivity index is 1.35. The highest BCUT2D eigenvalue weighted by atomic mass is 127. The minimum atomic E-state index is -3.46. The molecule has 1 aromatic heterocycles. The number of aromatic nitrogens is 2. The highest BCUT2D eigenvalue weighted by Gasteiger charge is 2.29. The Morgan fingerprint density at radius 1 is 0.800 bits per heavy atom. The maximum Gasteiger partial charge on any atom is 0.243 e. The molecule has 2 aromatic rings. The maximum absolute atomic E-state index is 12.9. The van der Waals surface area contributed by atoms with Crippen molar-refractivity contribution in [2.75, 3.05) is 68.7 Å². The van der Waals surface area contributed by atoms with Gasteiger partial charge < -0.3 is 14.7 Å². The second kappa shape index (κ2) is 9.33. The predicted octanol–water partition coefficient (Wildman–Crippen LogP) is 1.73. The van der Waals surface area contributed by atoms with E-state index in [0.717, 1.165) is 47.9 Å². The van der Waals surface area contributed by atoms with Crippen molar-refractivity contribution in [2.45, 2.75) is 11.8 Å². The van der Waals surface area contributed by atoms with Gasteiger partial charge in [0.1, 0.15) is 0 Å². The van der Waals surface area contributed by atoms with Crippen molar-refractivity contribution in [3.63, 3.8) is 0 Å². The monoisotopic (exact) mass is 542 g/mol. The Kier molecular flexibility index (Phi) is 6.75.